The van der Waals surface area contributed by atoms with Crippen LogP contribution in [0.15, 0.2) is 22.7 Å². The van der Waals surface area contributed by atoms with Gasteiger partial charge in [0.15, 0.2) is 5.82 Å². The summed E-state index contributed by atoms with van der Waals surface area (Å²) in [4.78, 5) is 9.13. The summed E-state index contributed by atoms with van der Waals surface area (Å²) in [7, 11) is 0. The average molecular weight is 453 g/mol. The Bertz CT molecular complexity index is 619. The molecule has 6 heteroatoms. The fourth-order valence-electron chi connectivity index (χ4n) is 1.64. The van der Waals surface area contributed by atoms with E-state index in [2.05, 4.69) is 53.8 Å². The Morgan fingerprint density at radius 1 is 1.37 bits per heavy atom. The van der Waals surface area contributed by atoms with Crippen molar-refractivity contribution in [2.75, 3.05) is 11.9 Å². The standard InChI is InChI=1S/C13H12BrClIN3/c1-3-17-13-11(16)7(2)18-12(19-13)9-5-4-8(15)6-10(9)14/h4-6H,3H2,1-2H3,(H,17,18,19). The molecule has 0 bridgehead atoms. The third-order valence-corrected chi connectivity index (χ3v) is 4.72. The second-order valence-electron chi connectivity index (χ2n) is 3.95. The van der Waals surface area contributed by atoms with Crippen molar-refractivity contribution < 1.29 is 0 Å². The molecule has 1 aromatic carbocycles. The third kappa shape index (κ3) is 3.38. The Kier molecular flexibility index (Phi) is 5.03. The number of hydrogen-bond donors (Lipinski definition) is 1. The monoisotopic (exact) mass is 451 g/mol. The molecule has 0 aliphatic heterocycles. The van der Waals surface area contributed by atoms with Crippen molar-refractivity contribution in [1.29, 1.82) is 0 Å². The largest absolute Gasteiger partial charge is 0.369 e. The second-order valence-corrected chi connectivity index (χ2v) is 6.32. The molecule has 0 atom stereocenters. The highest BCUT2D eigenvalue weighted by molar-refractivity contribution is 14.1. The maximum Gasteiger partial charge on any atom is 0.162 e. The first-order chi connectivity index (χ1) is 9.02. The molecule has 0 aliphatic carbocycles. The lowest BCUT2D eigenvalue weighted by Crippen LogP contribution is -2.06. The van der Waals surface area contributed by atoms with Gasteiger partial charge < -0.3 is 5.32 Å². The fourth-order valence-corrected chi connectivity index (χ4v) is 2.93. The number of nitrogens with zero attached hydrogens (tertiary/aromatic N) is 2. The van der Waals surface area contributed by atoms with Crippen molar-refractivity contribution in [2.45, 2.75) is 13.8 Å². The van der Waals surface area contributed by atoms with E-state index in [0.29, 0.717) is 10.8 Å². The first-order valence-corrected chi connectivity index (χ1v) is 8.01. The molecule has 1 N–H and O–H groups in total. The number of anilines is 1. The van der Waals surface area contributed by atoms with Crippen LogP contribution in [-0.4, -0.2) is 16.5 Å². The Hall–Kier alpha value is -0.400. The van der Waals surface area contributed by atoms with Crippen molar-refractivity contribution in [3.63, 3.8) is 0 Å². The van der Waals surface area contributed by atoms with Crippen LogP contribution in [-0.2, 0) is 0 Å². The third-order valence-electron chi connectivity index (χ3n) is 2.53. The van der Waals surface area contributed by atoms with Gasteiger partial charge in [0.05, 0.1) is 9.26 Å². The van der Waals surface area contributed by atoms with E-state index < -0.39 is 0 Å². The molecule has 0 saturated heterocycles. The highest BCUT2D eigenvalue weighted by Crippen LogP contribution is 2.30. The van der Waals surface area contributed by atoms with Gasteiger partial charge in [0.25, 0.3) is 0 Å². The lowest BCUT2D eigenvalue weighted by molar-refractivity contribution is 1.06. The minimum atomic E-state index is 0.685. The minimum absolute atomic E-state index is 0.685. The molecule has 2 rings (SSSR count). The summed E-state index contributed by atoms with van der Waals surface area (Å²) < 4.78 is 1.94. The molecule has 1 aromatic heterocycles. The minimum Gasteiger partial charge on any atom is -0.369 e. The van der Waals surface area contributed by atoms with E-state index in [1.165, 1.54) is 0 Å². The van der Waals surface area contributed by atoms with E-state index in [-0.39, 0.29) is 0 Å². The van der Waals surface area contributed by atoms with Crippen LogP contribution >= 0.6 is 50.1 Å². The molecule has 0 unspecified atom stereocenters. The highest BCUT2D eigenvalue weighted by atomic mass is 127. The van der Waals surface area contributed by atoms with E-state index in [9.17, 15) is 0 Å². The summed E-state index contributed by atoms with van der Waals surface area (Å²) in [5, 5.41) is 3.94. The van der Waals surface area contributed by atoms with E-state index in [1.807, 2.05) is 32.0 Å². The van der Waals surface area contributed by atoms with Gasteiger partial charge in [-0.3, -0.25) is 0 Å². The fraction of sp³-hybridized carbons (Fsp3) is 0.231. The summed E-state index contributed by atoms with van der Waals surface area (Å²) in [5.74, 6) is 1.56. The van der Waals surface area contributed by atoms with Crippen LogP contribution in [0.1, 0.15) is 12.6 Å². The first-order valence-electron chi connectivity index (χ1n) is 5.76. The second kappa shape index (κ2) is 6.37. The highest BCUT2D eigenvalue weighted by Gasteiger charge is 2.12. The van der Waals surface area contributed by atoms with Gasteiger partial charge in [-0.05, 0) is 70.6 Å². The van der Waals surface area contributed by atoms with Crippen LogP contribution in [0.4, 0.5) is 5.82 Å². The molecule has 0 saturated carbocycles. The maximum absolute atomic E-state index is 5.96. The Labute approximate surface area is 139 Å². The Morgan fingerprint density at radius 3 is 2.74 bits per heavy atom. The van der Waals surface area contributed by atoms with E-state index >= 15 is 0 Å². The number of benzene rings is 1. The molecule has 0 radical (unpaired) electrons. The molecule has 0 fully saturated rings. The van der Waals surface area contributed by atoms with Crippen LogP contribution in [0.5, 0.6) is 0 Å². The number of rotatable bonds is 3. The van der Waals surface area contributed by atoms with Crippen molar-refractivity contribution in [3.05, 3.63) is 37.0 Å². The lowest BCUT2D eigenvalue weighted by atomic mass is 10.2. The number of hydrogen-bond acceptors (Lipinski definition) is 3. The lowest BCUT2D eigenvalue weighted by Gasteiger charge is -2.11. The topological polar surface area (TPSA) is 37.8 Å². The van der Waals surface area contributed by atoms with Gasteiger partial charge in [0.2, 0.25) is 0 Å². The summed E-state index contributed by atoms with van der Waals surface area (Å²) in [5.41, 5.74) is 1.89. The van der Waals surface area contributed by atoms with Crippen LogP contribution in [0, 0.1) is 10.5 Å². The molecular formula is C13H12BrClIN3. The van der Waals surface area contributed by atoms with Gasteiger partial charge in [-0.2, -0.15) is 0 Å². The zero-order valence-corrected chi connectivity index (χ0v) is 15.0. The SMILES string of the molecule is CCNc1nc(-c2ccc(Cl)cc2Br)nc(C)c1I. The molecule has 0 amide bonds. The van der Waals surface area contributed by atoms with Crippen LogP contribution in [0.25, 0.3) is 11.4 Å². The van der Waals surface area contributed by atoms with Crippen molar-refractivity contribution in [3.8, 4) is 11.4 Å². The summed E-state index contributed by atoms with van der Waals surface area (Å²) in [6.07, 6.45) is 0. The molecule has 2 aromatic rings. The normalized spacial score (nSPS) is 10.6. The van der Waals surface area contributed by atoms with Crippen molar-refractivity contribution in [1.82, 2.24) is 9.97 Å². The number of halogens is 3. The van der Waals surface area contributed by atoms with Crippen molar-refractivity contribution >= 4 is 55.9 Å². The average Bonchev–Trinajstić information content (AvgIpc) is 2.35. The molecule has 100 valence electrons. The number of aryl methyl sites for hydroxylation is 1. The van der Waals surface area contributed by atoms with Crippen LogP contribution in [0.3, 0.4) is 0 Å². The van der Waals surface area contributed by atoms with Gasteiger partial charge in [0, 0.05) is 21.6 Å². The van der Waals surface area contributed by atoms with E-state index in [4.69, 9.17) is 11.6 Å². The van der Waals surface area contributed by atoms with Gasteiger partial charge >= 0.3 is 0 Å². The number of nitrogens with one attached hydrogen (secondary N) is 1. The van der Waals surface area contributed by atoms with Gasteiger partial charge in [-0.25, -0.2) is 9.97 Å². The van der Waals surface area contributed by atoms with Crippen LogP contribution < -0.4 is 5.32 Å². The Balaban J connectivity index is 2.56. The Morgan fingerprint density at radius 2 is 2.11 bits per heavy atom. The molecule has 0 spiro atoms. The maximum atomic E-state index is 5.96. The zero-order valence-electron chi connectivity index (χ0n) is 10.5. The number of aromatic nitrogens is 2. The van der Waals surface area contributed by atoms with Crippen LogP contribution in [0.2, 0.25) is 5.02 Å². The molecule has 19 heavy (non-hydrogen) atoms. The molecule has 0 aliphatic rings. The first kappa shape index (κ1) is 15.0. The molecule has 3 nitrogen and oxygen atoms in total. The van der Waals surface area contributed by atoms with Gasteiger partial charge in [-0.15, -0.1) is 0 Å². The smallest absolute Gasteiger partial charge is 0.162 e. The van der Waals surface area contributed by atoms with Gasteiger partial charge in [-0.1, -0.05) is 11.6 Å². The predicted octanol–water partition coefficient (Wildman–Crippen LogP) is 4.90. The van der Waals surface area contributed by atoms with E-state index in [1.54, 1.807) is 0 Å². The van der Waals surface area contributed by atoms with E-state index in [0.717, 1.165) is 31.7 Å². The summed E-state index contributed by atoms with van der Waals surface area (Å²) >= 11 is 11.7. The summed E-state index contributed by atoms with van der Waals surface area (Å²) in [6, 6.07) is 5.61. The predicted molar refractivity (Wildman–Crippen MR) is 91.8 cm³/mol. The molecule has 1 heterocycles. The van der Waals surface area contributed by atoms with Gasteiger partial charge in [0.1, 0.15) is 5.82 Å². The summed E-state index contributed by atoms with van der Waals surface area (Å²) in [6.45, 7) is 4.86. The van der Waals surface area contributed by atoms with Crippen molar-refractivity contribution in [2.24, 2.45) is 0 Å². The quantitative estimate of drug-likeness (QED) is 0.673. The molecular weight excluding hydrogens is 440 g/mol. The zero-order chi connectivity index (χ0) is 14.0.